The second-order valence-corrected chi connectivity index (χ2v) is 8.51. The predicted molar refractivity (Wildman–Crippen MR) is 116 cm³/mol. The second kappa shape index (κ2) is 11.0. The van der Waals surface area contributed by atoms with Crippen LogP contribution in [0.25, 0.3) is 0 Å². The number of likely N-dealkylation sites (N-methyl/N-ethyl adjacent to an activating group) is 1. The molecule has 176 valence electrons. The molecule has 3 aliphatic heterocycles. The number of nitrogens with zero attached hydrogens (tertiary/aromatic N) is 5. The van der Waals surface area contributed by atoms with Crippen LogP contribution in [0.4, 0.5) is 4.79 Å². The summed E-state index contributed by atoms with van der Waals surface area (Å²) in [6, 6.07) is 0.0487. The number of nitrogens with two attached hydrogens (primary N) is 1. The van der Waals surface area contributed by atoms with Gasteiger partial charge in [0.25, 0.3) is 0 Å². The van der Waals surface area contributed by atoms with E-state index >= 15 is 0 Å². The van der Waals surface area contributed by atoms with Crippen molar-refractivity contribution >= 4 is 18.0 Å². The normalized spacial score (nSPS) is 26.2. The molecular weight excluding hydrogens is 402 g/mol. The average molecular weight is 440 g/mol. The van der Waals surface area contributed by atoms with Gasteiger partial charge in [0.1, 0.15) is 0 Å². The van der Waals surface area contributed by atoms with Crippen LogP contribution in [0, 0.1) is 5.41 Å². The van der Waals surface area contributed by atoms with Crippen LogP contribution in [0.3, 0.4) is 0 Å². The van der Waals surface area contributed by atoms with Gasteiger partial charge in [-0.2, -0.15) is 0 Å². The van der Waals surface area contributed by atoms with Gasteiger partial charge in [0.2, 0.25) is 0 Å². The fraction of sp³-hybridized carbons (Fsp3) is 0.850. The predicted octanol–water partition coefficient (Wildman–Crippen LogP) is -0.765. The maximum atomic E-state index is 12.2. The molecule has 1 amide bonds. The number of guanidine groups is 1. The lowest BCUT2D eigenvalue weighted by Crippen LogP contribution is -2.54. The number of piperazine rings is 2. The van der Waals surface area contributed by atoms with Gasteiger partial charge in [-0.25, -0.2) is 4.79 Å². The number of hydrogen-bond donors (Lipinski definition) is 2. The van der Waals surface area contributed by atoms with Crippen molar-refractivity contribution in [2.24, 2.45) is 5.73 Å². The van der Waals surface area contributed by atoms with Gasteiger partial charge in [0.05, 0.1) is 19.6 Å². The van der Waals surface area contributed by atoms with Crippen LogP contribution < -0.4 is 5.73 Å². The minimum atomic E-state index is -0.252. The molecule has 0 bridgehead atoms. The minimum Gasteiger partial charge on any atom is -0.469 e. The van der Waals surface area contributed by atoms with Crippen LogP contribution in [0.1, 0.15) is 19.3 Å². The highest BCUT2D eigenvalue weighted by molar-refractivity contribution is 5.74. The van der Waals surface area contributed by atoms with Gasteiger partial charge in [0.15, 0.2) is 12.2 Å². The van der Waals surface area contributed by atoms with Gasteiger partial charge >= 0.3 is 12.1 Å². The standard InChI is InChI=1S/C20H37N7O4/c1-23-16(4-3-6-24-10-14-27(15-11-24)19(21)22)18(31-20(23)29)26-12-8-25(9-13-26)7-5-17(28)30-2/h16,18H,3-15H2,1-2H3,(H3,21,22). The largest absolute Gasteiger partial charge is 0.469 e. The molecule has 0 aromatic rings. The molecule has 31 heavy (non-hydrogen) atoms. The smallest absolute Gasteiger partial charge is 0.411 e. The lowest BCUT2D eigenvalue weighted by Gasteiger charge is -2.39. The molecule has 2 unspecified atom stereocenters. The topological polar surface area (TPSA) is 119 Å². The molecule has 3 heterocycles. The number of carbonyl (C=O) groups excluding carboxylic acids is 2. The van der Waals surface area contributed by atoms with Gasteiger partial charge in [0, 0.05) is 66.0 Å². The molecule has 0 aromatic heterocycles. The van der Waals surface area contributed by atoms with Crippen LogP contribution in [0.15, 0.2) is 0 Å². The quantitative estimate of drug-likeness (QED) is 0.286. The molecule has 0 aliphatic carbocycles. The Morgan fingerprint density at radius 3 is 2.32 bits per heavy atom. The summed E-state index contributed by atoms with van der Waals surface area (Å²) in [5, 5.41) is 7.54. The Bertz CT molecular complexity index is 633. The van der Waals surface area contributed by atoms with E-state index in [4.69, 9.17) is 20.6 Å². The number of amides is 1. The third-order valence-corrected chi connectivity index (χ3v) is 6.65. The third-order valence-electron chi connectivity index (χ3n) is 6.65. The number of hydrogen-bond acceptors (Lipinski definition) is 8. The summed E-state index contributed by atoms with van der Waals surface area (Å²) in [7, 11) is 3.24. The SMILES string of the molecule is COC(=O)CCN1CCN(C2OC(=O)N(C)C2CCCN2CCN(C(=N)N)CC2)CC1. The molecule has 3 rings (SSSR count). The fourth-order valence-corrected chi connectivity index (χ4v) is 4.58. The van der Waals surface area contributed by atoms with E-state index in [9.17, 15) is 9.59 Å². The van der Waals surface area contributed by atoms with Crippen LogP contribution >= 0.6 is 0 Å². The molecule has 3 N–H and O–H groups in total. The molecule has 2 atom stereocenters. The average Bonchev–Trinajstić information content (AvgIpc) is 3.06. The molecule has 0 radical (unpaired) electrons. The zero-order valence-corrected chi connectivity index (χ0v) is 18.8. The number of ether oxygens (including phenoxy) is 2. The van der Waals surface area contributed by atoms with Crippen LogP contribution in [-0.2, 0) is 14.3 Å². The Morgan fingerprint density at radius 1 is 1.10 bits per heavy atom. The van der Waals surface area contributed by atoms with E-state index in [0.29, 0.717) is 13.0 Å². The van der Waals surface area contributed by atoms with Crippen molar-refractivity contribution in [3.05, 3.63) is 0 Å². The Balaban J connectivity index is 1.43. The van der Waals surface area contributed by atoms with Crippen LogP contribution in [-0.4, -0.2) is 134 Å². The van der Waals surface area contributed by atoms with E-state index in [0.717, 1.165) is 71.7 Å². The fourth-order valence-electron chi connectivity index (χ4n) is 4.58. The third kappa shape index (κ3) is 6.20. The van der Waals surface area contributed by atoms with Gasteiger partial charge in [-0.15, -0.1) is 0 Å². The maximum Gasteiger partial charge on any atom is 0.411 e. The van der Waals surface area contributed by atoms with E-state index in [-0.39, 0.29) is 30.3 Å². The number of cyclic esters (lactones) is 1. The van der Waals surface area contributed by atoms with Crippen LogP contribution in [0.5, 0.6) is 0 Å². The highest BCUT2D eigenvalue weighted by Crippen LogP contribution is 2.26. The molecule has 3 aliphatic rings. The first kappa shape index (κ1) is 23.6. The van der Waals surface area contributed by atoms with Gasteiger partial charge in [-0.1, -0.05) is 0 Å². The highest BCUT2D eigenvalue weighted by Gasteiger charge is 2.43. The molecule has 11 nitrogen and oxygen atoms in total. The van der Waals surface area contributed by atoms with Crippen molar-refractivity contribution in [2.75, 3.05) is 79.6 Å². The maximum absolute atomic E-state index is 12.2. The Hall–Kier alpha value is -2.11. The Morgan fingerprint density at radius 2 is 1.71 bits per heavy atom. The first-order valence-corrected chi connectivity index (χ1v) is 11.2. The molecule has 3 saturated heterocycles. The zero-order valence-electron chi connectivity index (χ0n) is 18.8. The monoisotopic (exact) mass is 439 g/mol. The minimum absolute atomic E-state index is 0.0487. The first-order valence-electron chi connectivity index (χ1n) is 11.2. The lowest BCUT2D eigenvalue weighted by molar-refractivity contribution is -0.141. The first-order chi connectivity index (χ1) is 14.9. The van der Waals surface area contributed by atoms with Crippen molar-refractivity contribution in [3.63, 3.8) is 0 Å². The number of esters is 1. The van der Waals surface area contributed by atoms with E-state index in [1.165, 1.54) is 7.11 Å². The summed E-state index contributed by atoms with van der Waals surface area (Å²) < 4.78 is 10.4. The molecule has 0 spiro atoms. The van der Waals surface area contributed by atoms with Crippen molar-refractivity contribution < 1.29 is 19.1 Å². The molecule has 3 fully saturated rings. The van der Waals surface area contributed by atoms with Crippen molar-refractivity contribution in [1.82, 2.24) is 24.5 Å². The number of methoxy groups -OCH3 is 1. The molecule has 0 aromatic carbocycles. The van der Waals surface area contributed by atoms with Crippen molar-refractivity contribution in [3.8, 4) is 0 Å². The summed E-state index contributed by atoms with van der Waals surface area (Å²) >= 11 is 0. The van der Waals surface area contributed by atoms with Gasteiger partial charge < -0.3 is 29.9 Å². The highest BCUT2D eigenvalue weighted by atomic mass is 16.6. The van der Waals surface area contributed by atoms with Crippen LogP contribution in [0.2, 0.25) is 0 Å². The molecule has 11 heteroatoms. The zero-order chi connectivity index (χ0) is 22.4. The molecule has 0 saturated carbocycles. The van der Waals surface area contributed by atoms with Gasteiger partial charge in [-0.05, 0) is 19.4 Å². The van der Waals surface area contributed by atoms with E-state index in [1.54, 1.807) is 4.90 Å². The molecular formula is C20H37N7O4. The lowest BCUT2D eigenvalue weighted by atomic mass is 10.1. The summed E-state index contributed by atoms with van der Waals surface area (Å²) in [4.78, 5) is 34.1. The van der Waals surface area contributed by atoms with Crippen molar-refractivity contribution in [2.45, 2.75) is 31.5 Å². The van der Waals surface area contributed by atoms with Gasteiger partial charge in [-0.3, -0.25) is 20.0 Å². The summed E-state index contributed by atoms with van der Waals surface area (Å²) in [5.41, 5.74) is 5.57. The number of carbonyl (C=O) groups is 2. The second-order valence-electron chi connectivity index (χ2n) is 8.51. The summed E-state index contributed by atoms with van der Waals surface area (Å²) in [6.07, 6.45) is 1.82. The summed E-state index contributed by atoms with van der Waals surface area (Å²) in [5.74, 6) is -0.0346. The number of nitrogens with one attached hydrogen (secondary N) is 1. The Labute approximate surface area is 184 Å². The summed E-state index contributed by atoms with van der Waals surface area (Å²) in [6.45, 7) is 8.41. The number of rotatable bonds is 8. The van der Waals surface area contributed by atoms with E-state index < -0.39 is 0 Å². The van der Waals surface area contributed by atoms with E-state index in [1.807, 2.05) is 11.9 Å². The Kier molecular flexibility index (Phi) is 8.33. The van der Waals surface area contributed by atoms with E-state index in [2.05, 4.69) is 14.7 Å². The van der Waals surface area contributed by atoms with Crippen molar-refractivity contribution in [1.29, 1.82) is 5.41 Å².